The number of ether oxygens (including phenoxy) is 2. The summed E-state index contributed by atoms with van der Waals surface area (Å²) in [7, 11) is 0. The Balaban J connectivity index is 0.000000229. The predicted octanol–water partition coefficient (Wildman–Crippen LogP) is 14.0. The lowest BCUT2D eigenvalue weighted by molar-refractivity contribution is -0.117. The number of nitrogens with one attached hydrogen (secondary N) is 1. The fourth-order valence-electron chi connectivity index (χ4n) is 7.03. The maximum Gasteiger partial charge on any atom is 0.232 e. The number of hydrogen-bond donors (Lipinski definition) is 2. The summed E-state index contributed by atoms with van der Waals surface area (Å²) in [6, 6.07) is 20.8. The van der Waals surface area contributed by atoms with E-state index in [4.69, 9.17) is 96.4 Å². The van der Waals surface area contributed by atoms with Gasteiger partial charge in [-0.3, -0.25) is 19.4 Å². The monoisotopic (exact) mass is 996 g/mol. The summed E-state index contributed by atoms with van der Waals surface area (Å²) < 4.78 is 11.6. The van der Waals surface area contributed by atoms with E-state index in [9.17, 15) is 9.59 Å². The first-order chi connectivity index (χ1) is 30.3. The van der Waals surface area contributed by atoms with Crippen LogP contribution in [0.25, 0.3) is 0 Å². The number of benzene rings is 4. The van der Waals surface area contributed by atoms with Gasteiger partial charge in [0.2, 0.25) is 11.1 Å². The van der Waals surface area contributed by atoms with Crippen LogP contribution < -0.4 is 20.5 Å². The van der Waals surface area contributed by atoms with Gasteiger partial charge in [-0.15, -0.1) is 13.2 Å². The molecule has 2 atom stereocenters. The normalized spacial score (nSPS) is 15.0. The van der Waals surface area contributed by atoms with Gasteiger partial charge in [-0.25, -0.2) is 0 Å². The first-order valence-electron chi connectivity index (χ1n) is 21.0. The largest absolute Gasteiger partial charge is 0.491 e. The second kappa shape index (κ2) is 28.0. The Hall–Kier alpha value is -3.15. The van der Waals surface area contributed by atoms with Gasteiger partial charge in [0.1, 0.15) is 24.7 Å². The minimum Gasteiger partial charge on any atom is -0.491 e. The summed E-state index contributed by atoms with van der Waals surface area (Å²) in [6.45, 7) is 15.0. The Bertz CT molecular complexity index is 2110. The number of hydrogen-bond acceptors (Lipinski definition) is 7. The van der Waals surface area contributed by atoms with Crippen molar-refractivity contribution in [2.24, 2.45) is 0 Å². The predicted molar refractivity (Wildman–Crippen MR) is 266 cm³/mol. The average Bonchev–Trinajstić information content (AvgIpc) is 3.27. The summed E-state index contributed by atoms with van der Waals surface area (Å²) in [4.78, 5) is 29.0. The molecule has 340 valence electrons. The Morgan fingerprint density at radius 1 is 0.603 bits per heavy atom. The SMILES string of the molecule is C=CCC(C(=O)Cl)c1ccc(Cl)c(Cl)c1.C=CCC(C(=O)Nc1ccc(Cl)c(OCCN2CCCCC2)c1)c1ccc(Cl)c(Cl)c1.Nc1ccc(Cl)c(OCCN2CCCCC2)c1. The highest BCUT2D eigenvalue weighted by Gasteiger charge is 2.22. The number of rotatable bonds is 17. The van der Waals surface area contributed by atoms with Gasteiger partial charge in [0, 0.05) is 36.6 Å². The van der Waals surface area contributed by atoms with Crippen LogP contribution in [0.5, 0.6) is 11.5 Å². The maximum atomic E-state index is 13.0. The molecule has 6 rings (SSSR count). The van der Waals surface area contributed by atoms with E-state index in [0.717, 1.165) is 37.3 Å². The molecule has 2 aliphatic rings. The molecule has 4 aromatic rings. The van der Waals surface area contributed by atoms with Crippen molar-refractivity contribution in [3.8, 4) is 11.5 Å². The average molecular weight is 1000 g/mol. The van der Waals surface area contributed by atoms with Crippen molar-refractivity contribution >= 4 is 104 Å². The zero-order chi connectivity index (χ0) is 45.7. The van der Waals surface area contributed by atoms with E-state index < -0.39 is 17.1 Å². The number of halogens is 7. The molecule has 0 aliphatic carbocycles. The van der Waals surface area contributed by atoms with Gasteiger partial charge in [-0.05, 0) is 136 Å². The van der Waals surface area contributed by atoms with Gasteiger partial charge in [0.05, 0.1) is 42.0 Å². The van der Waals surface area contributed by atoms with Crippen molar-refractivity contribution in [3.05, 3.63) is 139 Å². The topological polar surface area (TPSA) is 97.1 Å². The molecule has 2 fully saturated rings. The number of likely N-dealkylation sites (tertiary alicyclic amines) is 2. The standard InChI is InChI=1S/C24H27Cl3N2O2.C13H19ClN2O.C11H9Cl3O/c1-2-6-19(17-7-9-20(25)22(27)15-17)24(30)28-18-8-10-21(26)23(16-18)31-14-13-29-11-4-3-5-12-29;14-12-5-4-11(15)10-13(12)17-9-8-16-6-2-1-3-7-16;1-2-3-8(11(14)15)7-4-5-9(12)10(13)6-7/h2,7-10,15-16,19H,1,3-6,11-14H2,(H,28,30);4-5,10H,1-3,6-9,15H2;2,4-6,8H,1,3H2. The molecule has 2 heterocycles. The molecule has 15 heteroatoms. The van der Waals surface area contributed by atoms with Gasteiger partial charge < -0.3 is 20.5 Å². The molecule has 2 aliphatic heterocycles. The van der Waals surface area contributed by atoms with Crippen molar-refractivity contribution in [1.29, 1.82) is 0 Å². The number of piperidine rings is 2. The highest BCUT2D eigenvalue weighted by Crippen LogP contribution is 2.33. The van der Waals surface area contributed by atoms with E-state index >= 15 is 0 Å². The Kier molecular flexibility index (Phi) is 23.3. The molecular weight excluding hydrogens is 945 g/mol. The number of nitrogens with zero attached hydrogens (tertiary/aromatic N) is 2. The summed E-state index contributed by atoms with van der Waals surface area (Å²) in [5.41, 5.74) is 8.53. The Labute approximate surface area is 407 Å². The van der Waals surface area contributed by atoms with Crippen molar-refractivity contribution in [3.63, 3.8) is 0 Å². The Morgan fingerprint density at radius 2 is 1.05 bits per heavy atom. The first kappa shape index (κ1) is 52.5. The fourth-order valence-corrected chi connectivity index (χ4v) is 8.21. The van der Waals surface area contributed by atoms with Crippen LogP contribution in [0.15, 0.2) is 98.1 Å². The molecule has 2 saturated heterocycles. The molecule has 0 spiro atoms. The van der Waals surface area contributed by atoms with Crippen LogP contribution in [-0.4, -0.2) is 73.4 Å². The van der Waals surface area contributed by atoms with Crippen LogP contribution in [0.1, 0.15) is 74.3 Å². The van der Waals surface area contributed by atoms with Crippen LogP contribution in [0.4, 0.5) is 11.4 Å². The first-order valence-corrected chi connectivity index (χ1v) is 23.6. The van der Waals surface area contributed by atoms with E-state index in [1.165, 1.54) is 51.6 Å². The summed E-state index contributed by atoms with van der Waals surface area (Å²) in [5.74, 6) is 0.236. The summed E-state index contributed by atoms with van der Waals surface area (Å²) >= 11 is 41.6. The molecule has 0 bridgehead atoms. The molecule has 63 heavy (non-hydrogen) atoms. The molecule has 0 aromatic heterocycles. The highest BCUT2D eigenvalue weighted by atomic mass is 35.5. The zero-order valence-electron chi connectivity index (χ0n) is 35.2. The smallest absolute Gasteiger partial charge is 0.232 e. The number of carbonyl (C=O) groups excluding carboxylic acids is 2. The van der Waals surface area contributed by atoms with Gasteiger partial charge in [0.15, 0.2) is 0 Å². The second-order valence-corrected chi connectivity index (χ2v) is 17.9. The van der Waals surface area contributed by atoms with E-state index in [-0.39, 0.29) is 5.91 Å². The minimum absolute atomic E-state index is 0.167. The van der Waals surface area contributed by atoms with Gasteiger partial charge in [-0.1, -0.05) is 107 Å². The quantitative estimate of drug-likeness (QED) is 0.0618. The number of amides is 1. The molecule has 3 N–H and O–H groups in total. The molecule has 1 amide bonds. The van der Waals surface area contributed by atoms with Crippen LogP contribution >= 0.6 is 81.2 Å². The van der Waals surface area contributed by atoms with Crippen molar-refractivity contribution in [2.45, 2.75) is 63.2 Å². The minimum atomic E-state index is -0.439. The van der Waals surface area contributed by atoms with Crippen LogP contribution in [-0.2, 0) is 9.59 Å². The third-order valence-corrected chi connectivity index (χ3v) is 12.8. The molecule has 0 radical (unpaired) electrons. The molecule has 8 nitrogen and oxygen atoms in total. The summed E-state index contributed by atoms with van der Waals surface area (Å²) in [6.07, 6.45) is 12.1. The highest BCUT2D eigenvalue weighted by molar-refractivity contribution is 6.64. The van der Waals surface area contributed by atoms with Crippen molar-refractivity contribution < 1.29 is 19.1 Å². The van der Waals surface area contributed by atoms with Gasteiger partial charge in [0.25, 0.3) is 0 Å². The van der Waals surface area contributed by atoms with Gasteiger partial charge >= 0.3 is 0 Å². The number of anilines is 2. The van der Waals surface area contributed by atoms with E-state index in [0.29, 0.717) is 79.1 Å². The third kappa shape index (κ3) is 18.0. The van der Waals surface area contributed by atoms with Crippen LogP contribution in [0.3, 0.4) is 0 Å². The third-order valence-electron chi connectivity index (χ3n) is 10.5. The second-order valence-electron chi connectivity index (χ2n) is 15.1. The Morgan fingerprint density at radius 3 is 1.52 bits per heavy atom. The number of allylic oxidation sites excluding steroid dienone is 2. The van der Waals surface area contributed by atoms with Crippen molar-refractivity contribution in [2.75, 3.05) is 63.5 Å². The van der Waals surface area contributed by atoms with Gasteiger partial charge in [-0.2, -0.15) is 0 Å². The number of carbonyl (C=O) groups is 2. The van der Waals surface area contributed by atoms with Crippen LogP contribution in [0.2, 0.25) is 30.1 Å². The lowest BCUT2D eigenvalue weighted by atomic mass is 9.94. The van der Waals surface area contributed by atoms with E-state index in [1.54, 1.807) is 84.9 Å². The van der Waals surface area contributed by atoms with E-state index in [2.05, 4.69) is 28.3 Å². The fraction of sp³-hybridized carbons (Fsp3) is 0.375. The number of nitrogens with two attached hydrogens (primary N) is 1. The van der Waals surface area contributed by atoms with Crippen molar-refractivity contribution in [1.82, 2.24) is 9.80 Å². The number of nitrogen functional groups attached to an aromatic ring is 1. The van der Waals surface area contributed by atoms with E-state index in [1.807, 2.05) is 0 Å². The summed E-state index contributed by atoms with van der Waals surface area (Å²) in [5, 5.41) is 5.41. The molecule has 0 saturated carbocycles. The molecule has 2 unspecified atom stereocenters. The zero-order valence-corrected chi connectivity index (χ0v) is 40.5. The molecular formula is C48H55Cl7N4O4. The molecule has 4 aromatic carbocycles. The lowest BCUT2D eigenvalue weighted by Gasteiger charge is -2.26. The lowest BCUT2D eigenvalue weighted by Crippen LogP contribution is -2.33. The van der Waals surface area contributed by atoms with Crippen LogP contribution in [0, 0.1) is 0 Å². The maximum absolute atomic E-state index is 13.0.